The van der Waals surface area contributed by atoms with Gasteiger partial charge in [-0.2, -0.15) is 0 Å². The van der Waals surface area contributed by atoms with Crippen LogP contribution in [0.4, 0.5) is 0 Å². The SMILES string of the molecule is O=C(CN1CCN(Cc2ccc(Cl)c(Cl)c2)CC1)c1cccs1. The predicted molar refractivity (Wildman–Crippen MR) is 96.8 cm³/mol. The van der Waals surface area contributed by atoms with Crippen molar-refractivity contribution in [1.82, 2.24) is 9.80 Å². The van der Waals surface area contributed by atoms with Crippen molar-refractivity contribution in [3.8, 4) is 0 Å². The third kappa shape index (κ3) is 4.55. The topological polar surface area (TPSA) is 23.6 Å². The first-order valence-electron chi connectivity index (χ1n) is 7.57. The molecular weight excluding hydrogens is 351 g/mol. The molecule has 3 nitrogen and oxygen atoms in total. The van der Waals surface area contributed by atoms with Gasteiger partial charge in [0, 0.05) is 32.7 Å². The maximum Gasteiger partial charge on any atom is 0.186 e. The van der Waals surface area contributed by atoms with Gasteiger partial charge >= 0.3 is 0 Å². The molecule has 0 spiro atoms. The largest absolute Gasteiger partial charge is 0.297 e. The highest BCUT2D eigenvalue weighted by Crippen LogP contribution is 2.23. The van der Waals surface area contributed by atoms with E-state index in [1.54, 1.807) is 0 Å². The van der Waals surface area contributed by atoms with Crippen LogP contribution >= 0.6 is 34.5 Å². The van der Waals surface area contributed by atoms with E-state index >= 15 is 0 Å². The van der Waals surface area contributed by atoms with Gasteiger partial charge in [-0.25, -0.2) is 0 Å². The van der Waals surface area contributed by atoms with Gasteiger partial charge in [0.15, 0.2) is 5.78 Å². The Kier molecular flexibility index (Phi) is 5.72. The molecule has 1 aliphatic rings. The number of ketones is 1. The lowest BCUT2D eigenvalue weighted by atomic mass is 10.2. The molecule has 0 N–H and O–H groups in total. The van der Waals surface area contributed by atoms with E-state index in [-0.39, 0.29) is 5.78 Å². The minimum Gasteiger partial charge on any atom is -0.297 e. The fourth-order valence-electron chi connectivity index (χ4n) is 2.72. The van der Waals surface area contributed by atoms with Crippen molar-refractivity contribution in [3.05, 3.63) is 56.2 Å². The van der Waals surface area contributed by atoms with Crippen LogP contribution in [0.1, 0.15) is 15.2 Å². The van der Waals surface area contributed by atoms with Gasteiger partial charge in [-0.15, -0.1) is 11.3 Å². The number of carbonyl (C=O) groups excluding carboxylic acids is 1. The number of piperazine rings is 1. The minimum absolute atomic E-state index is 0.220. The number of thiophene rings is 1. The molecule has 0 saturated carbocycles. The maximum absolute atomic E-state index is 12.1. The molecular formula is C17H18Cl2N2OS. The minimum atomic E-state index is 0.220. The summed E-state index contributed by atoms with van der Waals surface area (Å²) in [4.78, 5) is 17.6. The molecule has 1 aliphatic heterocycles. The highest BCUT2D eigenvalue weighted by molar-refractivity contribution is 7.12. The molecule has 0 aliphatic carbocycles. The highest BCUT2D eigenvalue weighted by atomic mass is 35.5. The van der Waals surface area contributed by atoms with Crippen molar-refractivity contribution < 1.29 is 4.79 Å². The number of nitrogens with zero attached hydrogens (tertiary/aromatic N) is 2. The summed E-state index contributed by atoms with van der Waals surface area (Å²) in [6, 6.07) is 9.60. The lowest BCUT2D eigenvalue weighted by Crippen LogP contribution is -2.47. The van der Waals surface area contributed by atoms with Crippen LogP contribution in [0.25, 0.3) is 0 Å². The molecule has 6 heteroatoms. The van der Waals surface area contributed by atoms with Gasteiger partial charge < -0.3 is 0 Å². The van der Waals surface area contributed by atoms with E-state index in [0.717, 1.165) is 37.6 Å². The first-order chi connectivity index (χ1) is 11.1. The van der Waals surface area contributed by atoms with Crippen LogP contribution in [0.15, 0.2) is 35.7 Å². The Labute approximate surface area is 150 Å². The fraction of sp³-hybridized carbons (Fsp3) is 0.353. The summed E-state index contributed by atoms with van der Waals surface area (Å²) in [7, 11) is 0. The molecule has 1 fully saturated rings. The Balaban J connectivity index is 1.48. The van der Waals surface area contributed by atoms with Gasteiger partial charge in [-0.05, 0) is 29.1 Å². The summed E-state index contributed by atoms with van der Waals surface area (Å²) in [6.07, 6.45) is 0. The van der Waals surface area contributed by atoms with Crippen molar-refractivity contribution in [2.24, 2.45) is 0 Å². The molecule has 122 valence electrons. The van der Waals surface area contributed by atoms with Crippen LogP contribution in [0.5, 0.6) is 0 Å². The second kappa shape index (κ2) is 7.77. The predicted octanol–water partition coefficient (Wildman–Crippen LogP) is 4.06. The molecule has 3 rings (SSSR count). The number of Topliss-reactive ketones (excluding diaryl/α,β-unsaturated/α-hetero) is 1. The molecule has 2 heterocycles. The molecule has 2 aromatic rings. The number of rotatable bonds is 5. The number of benzene rings is 1. The van der Waals surface area contributed by atoms with Crippen LogP contribution < -0.4 is 0 Å². The molecule has 23 heavy (non-hydrogen) atoms. The molecule has 0 unspecified atom stereocenters. The third-order valence-corrected chi connectivity index (χ3v) is 5.67. The lowest BCUT2D eigenvalue weighted by Gasteiger charge is -2.34. The quantitative estimate of drug-likeness (QED) is 0.743. The Morgan fingerprint density at radius 1 is 1.04 bits per heavy atom. The molecule has 1 aromatic heterocycles. The Hall–Kier alpha value is -0.910. The number of hydrogen-bond acceptors (Lipinski definition) is 4. The van der Waals surface area contributed by atoms with Crippen molar-refractivity contribution in [3.63, 3.8) is 0 Å². The van der Waals surface area contributed by atoms with E-state index in [0.29, 0.717) is 16.6 Å². The third-order valence-electron chi connectivity index (χ3n) is 4.02. The standard InChI is InChI=1S/C17H18Cl2N2OS/c18-14-4-3-13(10-15(14)19)11-20-5-7-21(8-6-20)12-16(22)17-2-1-9-23-17/h1-4,9-10H,5-8,11-12H2. The first kappa shape index (κ1) is 16.9. The average Bonchev–Trinajstić information content (AvgIpc) is 3.07. The van der Waals surface area contributed by atoms with E-state index in [9.17, 15) is 4.79 Å². The molecule has 0 radical (unpaired) electrons. The van der Waals surface area contributed by atoms with Crippen molar-refractivity contribution in [2.45, 2.75) is 6.54 Å². The smallest absolute Gasteiger partial charge is 0.186 e. The van der Waals surface area contributed by atoms with Gasteiger partial charge in [0.25, 0.3) is 0 Å². The molecule has 0 bridgehead atoms. The van der Waals surface area contributed by atoms with Gasteiger partial charge in [0.05, 0.1) is 21.5 Å². The summed E-state index contributed by atoms with van der Waals surface area (Å²) >= 11 is 13.5. The average molecular weight is 369 g/mol. The number of hydrogen-bond donors (Lipinski definition) is 0. The number of halogens is 2. The van der Waals surface area contributed by atoms with Gasteiger partial charge in [-0.3, -0.25) is 14.6 Å². The summed E-state index contributed by atoms with van der Waals surface area (Å²) in [6.45, 7) is 5.12. The zero-order valence-electron chi connectivity index (χ0n) is 12.7. The zero-order chi connectivity index (χ0) is 16.2. The molecule has 1 aromatic carbocycles. The second-order valence-corrected chi connectivity index (χ2v) is 7.46. The first-order valence-corrected chi connectivity index (χ1v) is 9.21. The van der Waals surface area contributed by atoms with Crippen LogP contribution in [0, 0.1) is 0 Å². The van der Waals surface area contributed by atoms with Gasteiger partial charge in [0.2, 0.25) is 0 Å². The van der Waals surface area contributed by atoms with Crippen molar-refractivity contribution in [2.75, 3.05) is 32.7 Å². The van der Waals surface area contributed by atoms with Gasteiger partial charge in [0.1, 0.15) is 0 Å². The van der Waals surface area contributed by atoms with E-state index in [4.69, 9.17) is 23.2 Å². The van der Waals surface area contributed by atoms with E-state index in [1.807, 2.05) is 35.7 Å². The summed E-state index contributed by atoms with van der Waals surface area (Å²) < 4.78 is 0. The Morgan fingerprint density at radius 3 is 2.43 bits per heavy atom. The van der Waals surface area contributed by atoms with Crippen LogP contribution in [0.2, 0.25) is 10.0 Å². The van der Waals surface area contributed by atoms with Gasteiger partial charge in [-0.1, -0.05) is 35.3 Å². The Morgan fingerprint density at radius 2 is 1.78 bits per heavy atom. The summed E-state index contributed by atoms with van der Waals surface area (Å²) in [5.74, 6) is 0.220. The molecule has 0 amide bonds. The maximum atomic E-state index is 12.1. The fourth-order valence-corrected chi connectivity index (χ4v) is 3.70. The molecule has 0 atom stereocenters. The van der Waals surface area contributed by atoms with E-state index in [2.05, 4.69) is 9.80 Å². The Bertz CT molecular complexity index is 667. The van der Waals surface area contributed by atoms with Crippen LogP contribution in [0.3, 0.4) is 0 Å². The lowest BCUT2D eigenvalue weighted by molar-refractivity contribution is 0.0847. The van der Waals surface area contributed by atoms with Crippen molar-refractivity contribution >= 4 is 40.3 Å². The zero-order valence-corrected chi connectivity index (χ0v) is 15.0. The van der Waals surface area contributed by atoms with Crippen LogP contribution in [-0.2, 0) is 6.54 Å². The van der Waals surface area contributed by atoms with E-state index in [1.165, 1.54) is 16.9 Å². The normalized spacial score (nSPS) is 16.6. The number of carbonyl (C=O) groups is 1. The highest BCUT2D eigenvalue weighted by Gasteiger charge is 2.20. The summed E-state index contributed by atoms with van der Waals surface area (Å²) in [5.41, 5.74) is 1.17. The second-order valence-electron chi connectivity index (χ2n) is 5.70. The monoisotopic (exact) mass is 368 g/mol. The summed E-state index contributed by atoms with van der Waals surface area (Å²) in [5, 5.41) is 3.14. The molecule has 1 saturated heterocycles. The van der Waals surface area contributed by atoms with Crippen LogP contribution in [-0.4, -0.2) is 48.3 Å². The van der Waals surface area contributed by atoms with Crippen molar-refractivity contribution in [1.29, 1.82) is 0 Å². The van der Waals surface area contributed by atoms with E-state index < -0.39 is 0 Å².